The van der Waals surface area contributed by atoms with Crippen LogP contribution < -0.4 is 10.6 Å². The van der Waals surface area contributed by atoms with E-state index in [0.717, 1.165) is 11.1 Å². The van der Waals surface area contributed by atoms with Crippen LogP contribution in [-0.4, -0.2) is 29.8 Å². The fourth-order valence-corrected chi connectivity index (χ4v) is 3.66. The van der Waals surface area contributed by atoms with E-state index in [1.54, 1.807) is 36.4 Å². The van der Waals surface area contributed by atoms with Gasteiger partial charge in [-0.2, -0.15) is 5.26 Å². The summed E-state index contributed by atoms with van der Waals surface area (Å²) in [7, 11) is 0. The number of amides is 2. The summed E-state index contributed by atoms with van der Waals surface area (Å²) in [6.45, 7) is 6.83. The van der Waals surface area contributed by atoms with Crippen molar-refractivity contribution < 1.29 is 9.59 Å². The number of anilines is 2. The number of rotatable bonds is 8. The molecule has 6 heteroatoms. The lowest BCUT2D eigenvalue weighted by Gasteiger charge is -2.27. The summed E-state index contributed by atoms with van der Waals surface area (Å²) in [5.41, 5.74) is 4.25. The van der Waals surface area contributed by atoms with Gasteiger partial charge in [-0.3, -0.25) is 14.5 Å². The van der Waals surface area contributed by atoms with E-state index < -0.39 is 0 Å². The van der Waals surface area contributed by atoms with Crippen molar-refractivity contribution in [3.8, 4) is 6.07 Å². The maximum Gasteiger partial charge on any atom is 0.257 e. The predicted molar refractivity (Wildman–Crippen MR) is 131 cm³/mol. The fourth-order valence-electron chi connectivity index (χ4n) is 3.66. The molecule has 3 aromatic rings. The number of likely N-dealkylation sites (N-methyl/N-ethyl adjacent to an activating group) is 1. The number of hydrogen-bond donors (Lipinski definition) is 2. The molecule has 1 unspecified atom stereocenters. The van der Waals surface area contributed by atoms with Crippen LogP contribution in [0, 0.1) is 18.3 Å². The predicted octanol–water partition coefficient (Wildman–Crippen LogP) is 5.14. The number of hydrogen-bond acceptors (Lipinski definition) is 4. The Morgan fingerprint density at radius 3 is 2.39 bits per heavy atom. The first-order valence-electron chi connectivity index (χ1n) is 10.9. The van der Waals surface area contributed by atoms with Gasteiger partial charge in [0.2, 0.25) is 5.91 Å². The summed E-state index contributed by atoms with van der Waals surface area (Å²) in [6, 6.07) is 24.0. The van der Waals surface area contributed by atoms with Crippen LogP contribution in [0.1, 0.15) is 46.9 Å². The van der Waals surface area contributed by atoms with Crippen molar-refractivity contribution in [1.82, 2.24) is 4.90 Å². The zero-order valence-electron chi connectivity index (χ0n) is 19.1. The van der Waals surface area contributed by atoms with E-state index >= 15 is 0 Å². The van der Waals surface area contributed by atoms with E-state index in [2.05, 4.69) is 16.7 Å². The maximum absolute atomic E-state index is 12.9. The highest BCUT2D eigenvalue weighted by molar-refractivity contribution is 6.10. The number of para-hydroxylation sites is 1. The van der Waals surface area contributed by atoms with Crippen LogP contribution in [0.25, 0.3) is 0 Å². The molecule has 2 amide bonds. The molecular formula is C27H28N4O2. The molecule has 0 saturated carbocycles. The minimum absolute atomic E-state index is 0.00615. The standard InChI is InChI=1S/C27H28N4O2/c1-4-31(20(3)22-14-12-21(17-28)13-15-22)18-26(32)30-25-11-6-5-10-24(25)27(33)29-23-9-7-8-19(2)16-23/h5-16,20H,4,18H2,1-3H3,(H,29,33)(H,30,32). The van der Waals surface area contributed by atoms with Crippen molar-refractivity contribution in [2.24, 2.45) is 0 Å². The number of nitrogens with one attached hydrogen (secondary N) is 2. The largest absolute Gasteiger partial charge is 0.324 e. The Morgan fingerprint density at radius 1 is 1.00 bits per heavy atom. The molecule has 33 heavy (non-hydrogen) atoms. The summed E-state index contributed by atoms with van der Waals surface area (Å²) < 4.78 is 0. The van der Waals surface area contributed by atoms with Gasteiger partial charge in [-0.25, -0.2) is 0 Å². The van der Waals surface area contributed by atoms with Gasteiger partial charge in [0.25, 0.3) is 5.91 Å². The third kappa shape index (κ3) is 6.28. The average molecular weight is 441 g/mol. The lowest BCUT2D eigenvalue weighted by Crippen LogP contribution is -2.35. The van der Waals surface area contributed by atoms with Crippen molar-refractivity contribution in [3.63, 3.8) is 0 Å². The number of carbonyl (C=O) groups excluding carboxylic acids is 2. The first-order chi connectivity index (χ1) is 15.9. The van der Waals surface area contributed by atoms with Gasteiger partial charge in [0, 0.05) is 11.7 Å². The molecule has 0 radical (unpaired) electrons. The van der Waals surface area contributed by atoms with E-state index in [-0.39, 0.29) is 24.4 Å². The lowest BCUT2D eigenvalue weighted by atomic mass is 10.0. The molecule has 168 valence electrons. The second kappa shape index (κ2) is 11.1. The van der Waals surface area contributed by atoms with E-state index in [9.17, 15) is 9.59 Å². The summed E-state index contributed by atoms with van der Waals surface area (Å²) in [6.07, 6.45) is 0. The van der Waals surface area contributed by atoms with E-state index in [0.29, 0.717) is 29.0 Å². The first kappa shape index (κ1) is 23.7. The van der Waals surface area contributed by atoms with Crippen molar-refractivity contribution in [1.29, 1.82) is 5.26 Å². The van der Waals surface area contributed by atoms with Crippen LogP contribution in [0.4, 0.5) is 11.4 Å². The second-order valence-electron chi connectivity index (χ2n) is 7.89. The Morgan fingerprint density at radius 2 is 1.73 bits per heavy atom. The van der Waals surface area contributed by atoms with Crippen molar-refractivity contribution in [2.75, 3.05) is 23.7 Å². The molecule has 0 aliphatic heterocycles. The topological polar surface area (TPSA) is 85.2 Å². The normalized spacial score (nSPS) is 11.5. The Labute approximate surface area is 194 Å². The third-order valence-corrected chi connectivity index (χ3v) is 5.54. The first-order valence-corrected chi connectivity index (χ1v) is 10.9. The van der Waals surface area contributed by atoms with Crippen molar-refractivity contribution in [2.45, 2.75) is 26.8 Å². The van der Waals surface area contributed by atoms with Gasteiger partial charge in [0.15, 0.2) is 0 Å². The maximum atomic E-state index is 12.9. The summed E-state index contributed by atoms with van der Waals surface area (Å²) in [5, 5.41) is 14.8. The monoisotopic (exact) mass is 440 g/mol. The van der Waals surface area contributed by atoms with Gasteiger partial charge in [0.1, 0.15) is 0 Å². The minimum atomic E-state index is -0.283. The highest BCUT2D eigenvalue weighted by atomic mass is 16.2. The molecule has 0 saturated heterocycles. The van der Waals surface area contributed by atoms with Crippen LogP contribution in [0.3, 0.4) is 0 Å². The fraction of sp³-hybridized carbons (Fsp3) is 0.222. The van der Waals surface area contributed by atoms with Crippen molar-refractivity contribution in [3.05, 3.63) is 95.1 Å². The molecule has 0 aliphatic carbocycles. The summed E-state index contributed by atoms with van der Waals surface area (Å²) >= 11 is 0. The summed E-state index contributed by atoms with van der Waals surface area (Å²) in [5.74, 6) is -0.483. The number of nitriles is 1. The Hall–Kier alpha value is -3.95. The number of nitrogens with zero attached hydrogens (tertiary/aromatic N) is 2. The molecule has 1 atom stereocenters. The second-order valence-corrected chi connectivity index (χ2v) is 7.89. The highest BCUT2D eigenvalue weighted by Gasteiger charge is 2.19. The van der Waals surface area contributed by atoms with E-state index in [1.165, 1.54) is 0 Å². The molecule has 0 aliphatic rings. The van der Waals surface area contributed by atoms with Gasteiger partial charge < -0.3 is 10.6 Å². The summed E-state index contributed by atoms with van der Waals surface area (Å²) in [4.78, 5) is 27.8. The van der Waals surface area contributed by atoms with Crippen LogP contribution in [0.2, 0.25) is 0 Å². The highest BCUT2D eigenvalue weighted by Crippen LogP contribution is 2.22. The van der Waals surface area contributed by atoms with Gasteiger partial charge in [-0.05, 0) is 67.9 Å². The Kier molecular flexibility index (Phi) is 7.96. The smallest absolute Gasteiger partial charge is 0.257 e. The zero-order chi connectivity index (χ0) is 23.8. The molecule has 0 aromatic heterocycles. The molecule has 3 rings (SSSR count). The molecule has 0 heterocycles. The van der Waals surface area contributed by atoms with E-state index in [1.807, 2.05) is 62.1 Å². The van der Waals surface area contributed by atoms with Crippen LogP contribution in [0.5, 0.6) is 0 Å². The third-order valence-electron chi connectivity index (χ3n) is 5.54. The lowest BCUT2D eigenvalue weighted by molar-refractivity contribution is -0.117. The molecule has 2 N–H and O–H groups in total. The van der Waals surface area contributed by atoms with Gasteiger partial charge in [0.05, 0.1) is 29.4 Å². The quantitative estimate of drug-likeness (QED) is 0.508. The van der Waals surface area contributed by atoms with Gasteiger partial charge in [-0.1, -0.05) is 43.3 Å². The van der Waals surface area contributed by atoms with Crippen LogP contribution in [-0.2, 0) is 4.79 Å². The Balaban J connectivity index is 1.69. The Bertz CT molecular complexity index is 1170. The molecule has 0 fully saturated rings. The molecule has 0 spiro atoms. The number of aryl methyl sites for hydroxylation is 1. The van der Waals surface area contributed by atoms with Gasteiger partial charge in [-0.15, -0.1) is 0 Å². The molecule has 3 aromatic carbocycles. The minimum Gasteiger partial charge on any atom is -0.324 e. The van der Waals surface area contributed by atoms with Crippen molar-refractivity contribution >= 4 is 23.2 Å². The van der Waals surface area contributed by atoms with Gasteiger partial charge >= 0.3 is 0 Å². The average Bonchev–Trinajstić information content (AvgIpc) is 2.82. The molecular weight excluding hydrogens is 412 g/mol. The molecule has 6 nitrogen and oxygen atoms in total. The van der Waals surface area contributed by atoms with E-state index in [4.69, 9.17) is 5.26 Å². The number of carbonyl (C=O) groups is 2. The number of benzene rings is 3. The van der Waals surface area contributed by atoms with Crippen LogP contribution in [0.15, 0.2) is 72.8 Å². The van der Waals surface area contributed by atoms with Crippen LogP contribution >= 0.6 is 0 Å². The molecule has 0 bridgehead atoms. The SMILES string of the molecule is CCN(CC(=O)Nc1ccccc1C(=O)Nc1cccc(C)c1)C(C)c1ccc(C#N)cc1. The zero-order valence-corrected chi connectivity index (χ0v) is 19.1.